The number of nitro benzene ring substituents is 1. The second kappa shape index (κ2) is 6.19. The minimum absolute atomic E-state index is 0.154. The van der Waals surface area contributed by atoms with Crippen LogP contribution in [0.3, 0.4) is 0 Å². The first kappa shape index (κ1) is 14.7. The van der Waals surface area contributed by atoms with Crippen molar-refractivity contribution in [3.05, 3.63) is 61.7 Å². The van der Waals surface area contributed by atoms with Gasteiger partial charge in [-0.2, -0.15) is 0 Å². The predicted octanol–water partition coefficient (Wildman–Crippen LogP) is 4.05. The second-order valence-electron chi connectivity index (χ2n) is 4.22. The van der Waals surface area contributed by atoms with Crippen LogP contribution in [0.5, 0.6) is 11.5 Å². The Morgan fingerprint density at radius 2 is 2.05 bits per heavy atom. The van der Waals surface area contributed by atoms with E-state index in [-0.39, 0.29) is 11.4 Å². The maximum atomic E-state index is 11.1. The largest absolute Gasteiger partial charge is 0.450 e. The molecule has 0 aliphatic heterocycles. The van der Waals surface area contributed by atoms with Gasteiger partial charge in [0.05, 0.1) is 11.0 Å². The van der Waals surface area contributed by atoms with Gasteiger partial charge in [0, 0.05) is 9.64 Å². The molecule has 0 bridgehead atoms. The van der Waals surface area contributed by atoms with Crippen LogP contribution >= 0.6 is 22.6 Å². The summed E-state index contributed by atoms with van der Waals surface area (Å²) in [4.78, 5) is 10.6. The number of nitrogens with zero attached hydrogens (tertiary/aromatic N) is 1. The third-order valence-corrected chi connectivity index (χ3v) is 3.36. The fourth-order valence-electron chi connectivity index (χ4n) is 1.68. The van der Waals surface area contributed by atoms with Crippen molar-refractivity contribution in [2.45, 2.75) is 13.0 Å². The first-order valence-electron chi connectivity index (χ1n) is 5.87. The third kappa shape index (κ3) is 3.45. The highest BCUT2D eigenvalue weighted by atomic mass is 127. The molecular weight excluding hydrogens is 373 g/mol. The van der Waals surface area contributed by atoms with Crippen molar-refractivity contribution in [3.63, 3.8) is 0 Å². The van der Waals surface area contributed by atoms with Crippen LogP contribution in [0.2, 0.25) is 0 Å². The zero-order valence-corrected chi connectivity index (χ0v) is 12.8. The smallest absolute Gasteiger partial charge is 0.311 e. The molecule has 20 heavy (non-hydrogen) atoms. The molecule has 0 heterocycles. The number of nitro groups is 1. The molecule has 2 rings (SSSR count). The fraction of sp³-hybridized carbons (Fsp3) is 0.143. The van der Waals surface area contributed by atoms with Gasteiger partial charge in [0.1, 0.15) is 5.75 Å². The maximum absolute atomic E-state index is 11.1. The second-order valence-corrected chi connectivity index (χ2v) is 5.47. The van der Waals surface area contributed by atoms with Crippen LogP contribution in [0, 0.1) is 13.7 Å². The quantitative estimate of drug-likeness (QED) is 0.490. The Morgan fingerprint density at radius 1 is 1.30 bits per heavy atom. The Kier molecular flexibility index (Phi) is 4.56. The van der Waals surface area contributed by atoms with Gasteiger partial charge in [-0.15, -0.1) is 0 Å². The summed E-state index contributed by atoms with van der Waals surface area (Å²) >= 11 is 2.14. The summed E-state index contributed by atoms with van der Waals surface area (Å²) in [7, 11) is 0. The lowest BCUT2D eigenvalue weighted by atomic mass is 10.1. The van der Waals surface area contributed by atoms with E-state index in [1.54, 1.807) is 25.1 Å². The lowest BCUT2D eigenvalue weighted by Crippen LogP contribution is -1.97. The maximum Gasteiger partial charge on any atom is 0.311 e. The van der Waals surface area contributed by atoms with E-state index in [1.165, 1.54) is 12.1 Å². The van der Waals surface area contributed by atoms with Crippen molar-refractivity contribution in [1.82, 2.24) is 0 Å². The van der Waals surface area contributed by atoms with Crippen molar-refractivity contribution in [2.75, 3.05) is 0 Å². The normalized spacial score (nSPS) is 11.9. The van der Waals surface area contributed by atoms with Crippen LogP contribution in [0.1, 0.15) is 18.6 Å². The van der Waals surface area contributed by atoms with Gasteiger partial charge in [0.15, 0.2) is 0 Å². The number of hydrogen-bond donors (Lipinski definition) is 1. The van der Waals surface area contributed by atoms with Gasteiger partial charge < -0.3 is 9.84 Å². The van der Waals surface area contributed by atoms with Crippen molar-refractivity contribution in [3.8, 4) is 11.5 Å². The van der Waals surface area contributed by atoms with Crippen LogP contribution in [0.15, 0.2) is 42.5 Å². The molecular formula is C14H12INO4. The van der Waals surface area contributed by atoms with Crippen molar-refractivity contribution >= 4 is 28.3 Å². The average molecular weight is 385 g/mol. The summed E-state index contributed by atoms with van der Waals surface area (Å²) in [5.41, 5.74) is 0.314. The van der Waals surface area contributed by atoms with E-state index in [0.29, 0.717) is 11.3 Å². The van der Waals surface area contributed by atoms with E-state index in [9.17, 15) is 15.2 Å². The zero-order chi connectivity index (χ0) is 14.7. The number of rotatable bonds is 4. The van der Waals surface area contributed by atoms with Gasteiger partial charge >= 0.3 is 5.69 Å². The molecule has 104 valence electrons. The van der Waals surface area contributed by atoms with E-state index in [4.69, 9.17) is 4.74 Å². The third-order valence-electron chi connectivity index (χ3n) is 2.69. The van der Waals surface area contributed by atoms with Crippen molar-refractivity contribution in [1.29, 1.82) is 0 Å². The summed E-state index contributed by atoms with van der Waals surface area (Å²) < 4.78 is 6.53. The van der Waals surface area contributed by atoms with Gasteiger partial charge in [-0.1, -0.05) is 12.1 Å². The molecule has 2 aromatic rings. The van der Waals surface area contributed by atoms with E-state index < -0.39 is 11.0 Å². The predicted molar refractivity (Wildman–Crippen MR) is 83.0 cm³/mol. The Morgan fingerprint density at radius 3 is 2.65 bits per heavy atom. The molecule has 0 aromatic heterocycles. The summed E-state index contributed by atoms with van der Waals surface area (Å²) in [6, 6.07) is 11.7. The molecule has 0 unspecified atom stereocenters. The van der Waals surface area contributed by atoms with E-state index in [0.717, 1.165) is 3.57 Å². The SMILES string of the molecule is C[C@@H](O)c1ccc(Oc2cccc(I)c2)c([N+](=O)[O-])c1. The van der Waals surface area contributed by atoms with Gasteiger partial charge in [0.25, 0.3) is 0 Å². The summed E-state index contributed by atoms with van der Waals surface area (Å²) in [6.07, 6.45) is -0.763. The number of halogens is 1. The Bertz CT molecular complexity index is 643. The van der Waals surface area contributed by atoms with Gasteiger partial charge in [-0.25, -0.2) is 0 Å². The van der Waals surface area contributed by atoms with E-state index >= 15 is 0 Å². The molecule has 5 nitrogen and oxygen atoms in total. The Labute approximate surface area is 129 Å². The lowest BCUT2D eigenvalue weighted by molar-refractivity contribution is -0.385. The van der Waals surface area contributed by atoms with Crippen LogP contribution in [-0.4, -0.2) is 10.0 Å². The highest BCUT2D eigenvalue weighted by molar-refractivity contribution is 14.1. The molecule has 0 amide bonds. The first-order chi connectivity index (χ1) is 9.47. The zero-order valence-electron chi connectivity index (χ0n) is 10.6. The van der Waals surface area contributed by atoms with Gasteiger partial charge in [0.2, 0.25) is 5.75 Å². The standard InChI is InChI=1S/C14H12INO4/c1-9(17)10-5-6-14(13(7-10)16(18)19)20-12-4-2-3-11(15)8-12/h2-9,17H,1H3/t9-/m1/s1. The lowest BCUT2D eigenvalue weighted by Gasteiger charge is -2.09. The Hall–Kier alpha value is -1.67. The average Bonchev–Trinajstić information content (AvgIpc) is 2.38. The molecule has 0 spiro atoms. The number of aliphatic hydroxyl groups is 1. The topological polar surface area (TPSA) is 72.6 Å². The number of ether oxygens (including phenoxy) is 1. The van der Waals surface area contributed by atoms with Crippen molar-refractivity contribution in [2.24, 2.45) is 0 Å². The van der Waals surface area contributed by atoms with Crippen LogP contribution in [-0.2, 0) is 0 Å². The monoisotopic (exact) mass is 385 g/mol. The highest BCUT2D eigenvalue weighted by Gasteiger charge is 2.18. The van der Waals surface area contributed by atoms with Crippen LogP contribution < -0.4 is 4.74 Å². The Balaban J connectivity index is 2.38. The summed E-state index contributed by atoms with van der Waals surface area (Å²) in [5, 5.41) is 20.6. The first-order valence-corrected chi connectivity index (χ1v) is 6.95. The molecule has 1 N–H and O–H groups in total. The molecule has 0 aliphatic carbocycles. The van der Waals surface area contributed by atoms with Gasteiger partial charge in [-0.05, 0) is 59.3 Å². The van der Waals surface area contributed by atoms with E-state index in [2.05, 4.69) is 22.6 Å². The molecule has 0 saturated carbocycles. The van der Waals surface area contributed by atoms with Crippen molar-refractivity contribution < 1.29 is 14.8 Å². The molecule has 0 fully saturated rings. The molecule has 2 aromatic carbocycles. The number of benzene rings is 2. The minimum Gasteiger partial charge on any atom is -0.450 e. The highest BCUT2D eigenvalue weighted by Crippen LogP contribution is 2.33. The summed E-state index contributed by atoms with van der Waals surface area (Å²) in [6.45, 7) is 1.55. The molecule has 0 saturated heterocycles. The number of hydrogen-bond acceptors (Lipinski definition) is 4. The fourth-order valence-corrected chi connectivity index (χ4v) is 2.20. The van der Waals surface area contributed by atoms with Crippen LogP contribution in [0.25, 0.3) is 0 Å². The van der Waals surface area contributed by atoms with E-state index in [1.807, 2.05) is 12.1 Å². The number of aliphatic hydroxyl groups excluding tert-OH is 1. The summed E-state index contributed by atoms with van der Waals surface area (Å²) in [5.74, 6) is 0.686. The molecule has 0 aliphatic rings. The molecule has 1 atom stereocenters. The molecule has 0 radical (unpaired) electrons. The van der Waals surface area contributed by atoms with Gasteiger partial charge in [-0.3, -0.25) is 10.1 Å². The van der Waals surface area contributed by atoms with Crippen LogP contribution in [0.4, 0.5) is 5.69 Å². The minimum atomic E-state index is -0.763. The molecule has 6 heteroatoms.